The van der Waals surface area contributed by atoms with E-state index in [0.29, 0.717) is 35.7 Å². The van der Waals surface area contributed by atoms with Crippen LogP contribution in [0.5, 0.6) is 0 Å². The van der Waals surface area contributed by atoms with E-state index in [1.165, 1.54) is 6.07 Å². The zero-order valence-electron chi connectivity index (χ0n) is 15.9. The highest BCUT2D eigenvalue weighted by atomic mass is 19.3. The normalized spacial score (nSPS) is 17.6. The first kappa shape index (κ1) is 18.5. The molecule has 0 N–H and O–H groups in total. The molecular weight excluding hydrogens is 368 g/mol. The maximum Gasteiger partial charge on any atom is 0.264 e. The number of amides is 1. The lowest BCUT2D eigenvalue weighted by Crippen LogP contribution is -2.39. The number of aryl methyl sites for hydroxylation is 3. The highest BCUT2D eigenvalue weighted by Gasteiger charge is 2.30. The molecule has 1 fully saturated rings. The van der Waals surface area contributed by atoms with E-state index >= 15 is 0 Å². The quantitative estimate of drug-likeness (QED) is 0.685. The van der Waals surface area contributed by atoms with Gasteiger partial charge in [-0.3, -0.25) is 9.48 Å². The molecule has 0 saturated carbocycles. The Morgan fingerprint density at radius 2 is 2.11 bits per heavy atom. The molecule has 7 nitrogen and oxygen atoms in total. The fourth-order valence-electron chi connectivity index (χ4n) is 3.91. The molecule has 3 aromatic heterocycles. The molecule has 3 aromatic rings. The largest absolute Gasteiger partial charge is 0.338 e. The van der Waals surface area contributed by atoms with Gasteiger partial charge < -0.3 is 9.42 Å². The van der Waals surface area contributed by atoms with Crippen molar-refractivity contribution < 1.29 is 18.1 Å². The molecule has 4 heterocycles. The summed E-state index contributed by atoms with van der Waals surface area (Å²) in [5.41, 5.74) is 2.15. The molecule has 0 spiro atoms. The Hall–Kier alpha value is -2.84. The number of piperidine rings is 1. The predicted molar refractivity (Wildman–Crippen MR) is 97.3 cm³/mol. The Labute approximate surface area is 160 Å². The van der Waals surface area contributed by atoms with Gasteiger partial charge in [-0.05, 0) is 32.8 Å². The van der Waals surface area contributed by atoms with Crippen LogP contribution in [0.2, 0.25) is 0 Å². The van der Waals surface area contributed by atoms with Gasteiger partial charge in [0.15, 0.2) is 0 Å². The molecule has 1 aliphatic heterocycles. The summed E-state index contributed by atoms with van der Waals surface area (Å²) in [6, 6.07) is 1.44. The summed E-state index contributed by atoms with van der Waals surface area (Å²) in [6.45, 7) is 4.46. The third-order valence-corrected chi connectivity index (χ3v) is 5.27. The van der Waals surface area contributed by atoms with Crippen LogP contribution in [0, 0.1) is 13.8 Å². The fraction of sp³-hybridized carbons (Fsp3) is 0.474. The summed E-state index contributed by atoms with van der Waals surface area (Å²) in [5.74, 6) is -0.233. The Morgan fingerprint density at radius 1 is 1.32 bits per heavy atom. The van der Waals surface area contributed by atoms with E-state index in [0.717, 1.165) is 12.8 Å². The van der Waals surface area contributed by atoms with Crippen LogP contribution in [0.15, 0.2) is 16.8 Å². The molecule has 1 atom stereocenters. The van der Waals surface area contributed by atoms with Gasteiger partial charge in [0.2, 0.25) is 0 Å². The summed E-state index contributed by atoms with van der Waals surface area (Å²) in [4.78, 5) is 19.1. The number of hydrogen-bond acceptors (Lipinski definition) is 5. The summed E-state index contributed by atoms with van der Waals surface area (Å²) in [6.07, 6.45) is 0.596. The van der Waals surface area contributed by atoms with Gasteiger partial charge in [0, 0.05) is 43.5 Å². The second-order valence-corrected chi connectivity index (χ2v) is 7.28. The first-order valence-corrected chi connectivity index (χ1v) is 9.19. The third-order valence-electron chi connectivity index (χ3n) is 5.27. The summed E-state index contributed by atoms with van der Waals surface area (Å²) in [7, 11) is 1.77. The number of rotatable bonds is 3. The average Bonchev–Trinajstić information content (AvgIpc) is 3.22. The second kappa shape index (κ2) is 6.96. The topological polar surface area (TPSA) is 77.0 Å². The van der Waals surface area contributed by atoms with Crippen LogP contribution >= 0.6 is 0 Å². The Kier molecular flexibility index (Phi) is 4.60. The molecule has 1 amide bonds. The number of likely N-dealkylation sites (tertiary alicyclic amines) is 1. The third kappa shape index (κ3) is 3.14. The van der Waals surface area contributed by atoms with Gasteiger partial charge in [0.05, 0.1) is 22.3 Å². The lowest BCUT2D eigenvalue weighted by atomic mass is 9.92. The van der Waals surface area contributed by atoms with Gasteiger partial charge in [-0.2, -0.15) is 5.10 Å². The van der Waals surface area contributed by atoms with Crippen LogP contribution in [0.25, 0.3) is 11.1 Å². The highest BCUT2D eigenvalue weighted by molar-refractivity contribution is 5.95. The molecule has 0 aliphatic carbocycles. The van der Waals surface area contributed by atoms with Crippen LogP contribution in [0.3, 0.4) is 0 Å². The number of pyridine rings is 1. The first-order valence-electron chi connectivity index (χ1n) is 9.19. The Bertz CT molecular complexity index is 1040. The highest BCUT2D eigenvalue weighted by Crippen LogP contribution is 2.34. The number of nitrogens with zero attached hydrogens (tertiary/aromatic N) is 5. The average molecular weight is 389 g/mol. The molecule has 4 rings (SSSR count). The maximum atomic E-state index is 13.6. The number of halogens is 2. The van der Waals surface area contributed by atoms with Crippen molar-refractivity contribution in [3.63, 3.8) is 0 Å². The lowest BCUT2D eigenvalue weighted by molar-refractivity contribution is 0.0704. The summed E-state index contributed by atoms with van der Waals surface area (Å²) >= 11 is 0. The maximum absolute atomic E-state index is 13.6. The van der Waals surface area contributed by atoms with Crippen molar-refractivity contribution in [3.05, 3.63) is 40.5 Å². The molecule has 148 valence electrons. The van der Waals surface area contributed by atoms with Gasteiger partial charge >= 0.3 is 0 Å². The van der Waals surface area contributed by atoms with Crippen LogP contribution in [-0.4, -0.2) is 43.8 Å². The van der Waals surface area contributed by atoms with Crippen molar-refractivity contribution in [1.29, 1.82) is 0 Å². The SMILES string of the molecule is Cc1nn(C)cc1C(=O)N1CCC[C@@H](c2cc(C(F)F)c3c(C)noc3n2)C1. The van der Waals surface area contributed by atoms with Crippen molar-refractivity contribution in [1.82, 2.24) is 24.8 Å². The number of fused-ring (bicyclic) bond motifs is 1. The summed E-state index contributed by atoms with van der Waals surface area (Å²) < 4.78 is 34.0. The minimum absolute atomic E-state index is 0.0963. The van der Waals surface area contributed by atoms with Gasteiger partial charge in [-0.25, -0.2) is 13.8 Å². The van der Waals surface area contributed by atoms with Crippen LogP contribution in [0.1, 0.15) is 58.2 Å². The van der Waals surface area contributed by atoms with Crippen molar-refractivity contribution >= 4 is 17.0 Å². The van der Waals surface area contributed by atoms with E-state index in [1.54, 1.807) is 36.7 Å². The lowest BCUT2D eigenvalue weighted by Gasteiger charge is -2.32. The van der Waals surface area contributed by atoms with Crippen molar-refractivity contribution in [2.24, 2.45) is 7.05 Å². The predicted octanol–water partition coefficient (Wildman–Crippen LogP) is 3.53. The van der Waals surface area contributed by atoms with Crippen molar-refractivity contribution in [3.8, 4) is 0 Å². The second-order valence-electron chi connectivity index (χ2n) is 7.28. The number of hydrogen-bond donors (Lipinski definition) is 0. The number of carbonyl (C=O) groups excluding carboxylic acids is 1. The zero-order valence-corrected chi connectivity index (χ0v) is 15.9. The van der Waals surface area contributed by atoms with E-state index in [2.05, 4.69) is 15.2 Å². The molecular formula is C19H21F2N5O2. The van der Waals surface area contributed by atoms with E-state index in [1.807, 2.05) is 0 Å². The number of aromatic nitrogens is 4. The summed E-state index contributed by atoms with van der Waals surface area (Å²) in [5, 5.41) is 8.27. The molecule has 0 bridgehead atoms. The van der Waals surface area contributed by atoms with E-state index in [4.69, 9.17) is 4.52 Å². The first-order chi connectivity index (χ1) is 13.3. The molecule has 0 unspecified atom stereocenters. The smallest absolute Gasteiger partial charge is 0.264 e. The Balaban J connectivity index is 1.64. The van der Waals surface area contributed by atoms with Crippen LogP contribution in [0.4, 0.5) is 8.78 Å². The molecule has 9 heteroatoms. The monoisotopic (exact) mass is 389 g/mol. The van der Waals surface area contributed by atoms with Crippen molar-refractivity contribution in [2.75, 3.05) is 13.1 Å². The van der Waals surface area contributed by atoms with Gasteiger partial charge in [-0.1, -0.05) is 5.16 Å². The van der Waals surface area contributed by atoms with Crippen LogP contribution < -0.4 is 0 Å². The standard InChI is InChI=1S/C19H21F2N5O2/c1-10-14(9-25(3)23-10)19(27)26-6-4-5-12(8-26)15-7-13(17(20)21)16-11(2)24-28-18(16)22-15/h7,9,12,17H,4-6,8H2,1-3H3/t12-/m1/s1. The molecule has 0 aromatic carbocycles. The molecule has 0 radical (unpaired) electrons. The fourth-order valence-corrected chi connectivity index (χ4v) is 3.91. The van der Waals surface area contributed by atoms with E-state index in [-0.39, 0.29) is 28.5 Å². The van der Waals surface area contributed by atoms with Crippen LogP contribution in [-0.2, 0) is 7.05 Å². The zero-order chi connectivity index (χ0) is 20.0. The van der Waals surface area contributed by atoms with E-state index < -0.39 is 6.43 Å². The molecule has 28 heavy (non-hydrogen) atoms. The Morgan fingerprint density at radius 3 is 2.79 bits per heavy atom. The minimum Gasteiger partial charge on any atom is -0.338 e. The van der Waals surface area contributed by atoms with Gasteiger partial charge in [0.1, 0.15) is 0 Å². The number of carbonyl (C=O) groups is 1. The molecule has 1 aliphatic rings. The van der Waals surface area contributed by atoms with Gasteiger partial charge in [-0.15, -0.1) is 0 Å². The number of alkyl halides is 2. The molecule has 1 saturated heterocycles. The van der Waals surface area contributed by atoms with Gasteiger partial charge in [0.25, 0.3) is 18.0 Å². The van der Waals surface area contributed by atoms with E-state index in [9.17, 15) is 13.6 Å². The minimum atomic E-state index is -2.65. The van der Waals surface area contributed by atoms with Crippen molar-refractivity contribution in [2.45, 2.75) is 39.0 Å².